The van der Waals surface area contributed by atoms with E-state index >= 15 is 0 Å². The van der Waals surface area contributed by atoms with Crippen molar-refractivity contribution in [3.8, 4) is 11.5 Å². The van der Waals surface area contributed by atoms with Crippen LogP contribution in [0.15, 0.2) is 6.07 Å². The lowest BCUT2D eigenvalue weighted by Crippen LogP contribution is -2.42. The molecule has 94 valence electrons. The van der Waals surface area contributed by atoms with Crippen molar-refractivity contribution in [2.24, 2.45) is 5.73 Å². The van der Waals surface area contributed by atoms with Gasteiger partial charge in [-0.25, -0.2) is 0 Å². The topological polar surface area (TPSA) is 55.5 Å². The number of phenolic OH excluding ortho intramolecular Hbond substituents is 1. The minimum absolute atomic E-state index is 0.147. The largest absolute Gasteiger partial charge is 0.504 e. The summed E-state index contributed by atoms with van der Waals surface area (Å²) in [5.74, 6) is 0.620. The minimum Gasteiger partial charge on any atom is -0.504 e. The Labute approximate surface area is 107 Å². The number of aryl methyl sites for hydroxylation is 1. The number of benzene rings is 1. The van der Waals surface area contributed by atoms with Gasteiger partial charge in [0.2, 0.25) is 0 Å². The van der Waals surface area contributed by atoms with Crippen molar-refractivity contribution in [1.82, 2.24) is 0 Å². The second kappa shape index (κ2) is 4.39. The average molecular weight is 256 g/mol. The second-order valence-electron chi connectivity index (χ2n) is 4.77. The molecule has 1 aromatic carbocycles. The van der Waals surface area contributed by atoms with Gasteiger partial charge in [-0.15, -0.1) is 0 Å². The molecule has 1 fully saturated rings. The van der Waals surface area contributed by atoms with E-state index in [-0.39, 0.29) is 11.2 Å². The number of halogens is 1. The zero-order valence-corrected chi connectivity index (χ0v) is 11.0. The molecular weight excluding hydrogens is 238 g/mol. The molecule has 1 aromatic rings. The van der Waals surface area contributed by atoms with Gasteiger partial charge in [-0.3, -0.25) is 0 Å². The van der Waals surface area contributed by atoms with Gasteiger partial charge in [0.1, 0.15) is 0 Å². The summed E-state index contributed by atoms with van der Waals surface area (Å²) >= 11 is 6.33. The summed E-state index contributed by atoms with van der Waals surface area (Å²) in [6.45, 7) is 2.42. The summed E-state index contributed by atoms with van der Waals surface area (Å²) in [5, 5.41) is 10.9. The maximum absolute atomic E-state index is 10.3. The zero-order valence-electron chi connectivity index (χ0n) is 10.2. The van der Waals surface area contributed by atoms with Crippen LogP contribution in [0.4, 0.5) is 0 Å². The number of aromatic hydroxyl groups is 1. The van der Waals surface area contributed by atoms with E-state index in [4.69, 9.17) is 22.1 Å². The van der Waals surface area contributed by atoms with Gasteiger partial charge in [0, 0.05) is 17.5 Å². The summed E-state index contributed by atoms with van der Waals surface area (Å²) in [6, 6.07) is 1.75. The van der Waals surface area contributed by atoms with Gasteiger partial charge in [-0.05, 0) is 31.4 Å². The Hall–Kier alpha value is -0.930. The lowest BCUT2D eigenvalue weighted by Gasteiger charge is -2.42. The molecule has 0 spiro atoms. The fourth-order valence-corrected chi connectivity index (χ4v) is 2.90. The molecule has 0 aliphatic heterocycles. The SMILES string of the molecule is COc1cc(C)c(Cl)c(C2(CN)CCC2)c1O. The van der Waals surface area contributed by atoms with Crippen molar-refractivity contribution in [3.63, 3.8) is 0 Å². The Morgan fingerprint density at radius 2 is 2.18 bits per heavy atom. The Balaban J connectivity index is 2.63. The Morgan fingerprint density at radius 3 is 2.59 bits per heavy atom. The number of rotatable bonds is 3. The van der Waals surface area contributed by atoms with Gasteiger partial charge >= 0.3 is 0 Å². The molecule has 0 amide bonds. The van der Waals surface area contributed by atoms with Gasteiger partial charge < -0.3 is 15.6 Å². The van der Waals surface area contributed by atoms with Crippen molar-refractivity contribution in [3.05, 3.63) is 22.2 Å². The van der Waals surface area contributed by atoms with Crippen molar-refractivity contribution in [1.29, 1.82) is 0 Å². The summed E-state index contributed by atoms with van der Waals surface area (Å²) in [4.78, 5) is 0. The molecule has 1 saturated carbocycles. The molecular formula is C13H18ClNO2. The first-order valence-corrected chi connectivity index (χ1v) is 6.20. The Morgan fingerprint density at radius 1 is 1.53 bits per heavy atom. The zero-order chi connectivity index (χ0) is 12.6. The normalized spacial score (nSPS) is 17.6. The predicted molar refractivity (Wildman–Crippen MR) is 69.0 cm³/mol. The highest BCUT2D eigenvalue weighted by Gasteiger charge is 2.42. The molecule has 0 atom stereocenters. The maximum Gasteiger partial charge on any atom is 0.163 e. The average Bonchev–Trinajstić information content (AvgIpc) is 2.27. The number of hydrogen-bond donors (Lipinski definition) is 2. The maximum atomic E-state index is 10.3. The third-order valence-corrected chi connectivity index (χ3v) is 4.32. The summed E-state index contributed by atoms with van der Waals surface area (Å²) in [5.41, 5.74) is 7.38. The molecule has 0 unspecified atom stereocenters. The molecule has 3 N–H and O–H groups in total. The lowest BCUT2D eigenvalue weighted by molar-refractivity contribution is 0.242. The van der Waals surface area contributed by atoms with E-state index < -0.39 is 0 Å². The summed E-state index contributed by atoms with van der Waals surface area (Å²) in [6.07, 6.45) is 3.08. The van der Waals surface area contributed by atoms with Crippen LogP contribution in [0.25, 0.3) is 0 Å². The summed E-state index contributed by atoms with van der Waals surface area (Å²) < 4.78 is 5.18. The first-order valence-electron chi connectivity index (χ1n) is 5.82. The number of methoxy groups -OCH3 is 1. The molecule has 0 aromatic heterocycles. The molecule has 0 heterocycles. The highest BCUT2D eigenvalue weighted by Crippen LogP contribution is 2.52. The quantitative estimate of drug-likeness (QED) is 0.873. The van der Waals surface area contributed by atoms with E-state index in [0.29, 0.717) is 17.3 Å². The van der Waals surface area contributed by atoms with E-state index in [0.717, 1.165) is 30.4 Å². The van der Waals surface area contributed by atoms with Crippen molar-refractivity contribution in [2.45, 2.75) is 31.6 Å². The molecule has 1 aliphatic rings. The van der Waals surface area contributed by atoms with E-state index in [1.54, 1.807) is 13.2 Å². The smallest absolute Gasteiger partial charge is 0.163 e. The van der Waals surface area contributed by atoms with E-state index in [1.807, 2.05) is 6.92 Å². The molecule has 0 radical (unpaired) electrons. The first kappa shape index (κ1) is 12.5. The van der Waals surface area contributed by atoms with Crippen molar-refractivity contribution in [2.75, 3.05) is 13.7 Å². The van der Waals surface area contributed by atoms with Crippen LogP contribution in [0.5, 0.6) is 11.5 Å². The number of hydrogen-bond acceptors (Lipinski definition) is 3. The van der Waals surface area contributed by atoms with Gasteiger partial charge in [0.05, 0.1) is 12.1 Å². The van der Waals surface area contributed by atoms with Crippen LogP contribution < -0.4 is 10.5 Å². The third kappa shape index (κ3) is 1.78. The van der Waals surface area contributed by atoms with Crippen LogP contribution in [-0.2, 0) is 5.41 Å². The Kier molecular flexibility index (Phi) is 3.23. The summed E-state index contributed by atoms with van der Waals surface area (Å²) in [7, 11) is 1.54. The molecule has 4 heteroatoms. The van der Waals surface area contributed by atoms with Gasteiger partial charge in [-0.1, -0.05) is 18.0 Å². The Bertz CT molecular complexity index is 436. The molecule has 3 nitrogen and oxygen atoms in total. The number of ether oxygens (including phenoxy) is 1. The van der Waals surface area contributed by atoms with Gasteiger partial charge in [-0.2, -0.15) is 0 Å². The van der Waals surface area contributed by atoms with Crippen LogP contribution in [0.3, 0.4) is 0 Å². The van der Waals surface area contributed by atoms with E-state index in [9.17, 15) is 5.11 Å². The van der Waals surface area contributed by atoms with E-state index in [1.165, 1.54) is 0 Å². The number of phenols is 1. The first-order chi connectivity index (χ1) is 8.05. The lowest BCUT2D eigenvalue weighted by atomic mass is 9.64. The molecule has 0 bridgehead atoms. The molecule has 1 aliphatic carbocycles. The van der Waals surface area contributed by atoms with Crippen LogP contribution in [-0.4, -0.2) is 18.8 Å². The molecule has 17 heavy (non-hydrogen) atoms. The second-order valence-corrected chi connectivity index (χ2v) is 5.15. The monoisotopic (exact) mass is 255 g/mol. The van der Waals surface area contributed by atoms with Crippen LogP contribution in [0.1, 0.15) is 30.4 Å². The van der Waals surface area contributed by atoms with Crippen molar-refractivity contribution < 1.29 is 9.84 Å². The van der Waals surface area contributed by atoms with Gasteiger partial charge in [0.15, 0.2) is 11.5 Å². The highest BCUT2D eigenvalue weighted by molar-refractivity contribution is 6.32. The molecule has 0 saturated heterocycles. The van der Waals surface area contributed by atoms with Crippen LogP contribution in [0.2, 0.25) is 5.02 Å². The van der Waals surface area contributed by atoms with E-state index in [2.05, 4.69) is 0 Å². The molecule has 2 rings (SSSR count). The fourth-order valence-electron chi connectivity index (χ4n) is 2.55. The van der Waals surface area contributed by atoms with Crippen LogP contribution in [0, 0.1) is 6.92 Å². The highest BCUT2D eigenvalue weighted by atomic mass is 35.5. The predicted octanol–water partition coefficient (Wildman–Crippen LogP) is 2.74. The van der Waals surface area contributed by atoms with Crippen molar-refractivity contribution >= 4 is 11.6 Å². The van der Waals surface area contributed by atoms with Crippen LogP contribution >= 0.6 is 11.6 Å². The van der Waals surface area contributed by atoms with Gasteiger partial charge in [0.25, 0.3) is 0 Å². The minimum atomic E-state index is -0.166. The fraction of sp³-hybridized carbons (Fsp3) is 0.538. The number of nitrogens with two attached hydrogens (primary N) is 1. The third-order valence-electron chi connectivity index (χ3n) is 3.84. The standard InChI is InChI=1S/C13H18ClNO2/c1-8-6-9(17-2)12(16)10(11(8)14)13(7-15)4-3-5-13/h6,16H,3-5,7,15H2,1-2H3.